The van der Waals surface area contributed by atoms with Crippen molar-refractivity contribution in [3.8, 4) is 0 Å². The van der Waals surface area contributed by atoms with Crippen LogP contribution < -0.4 is 5.73 Å². The third-order valence-corrected chi connectivity index (χ3v) is 4.16. The summed E-state index contributed by atoms with van der Waals surface area (Å²) >= 11 is 0. The summed E-state index contributed by atoms with van der Waals surface area (Å²) in [6.07, 6.45) is 5.38. The molecule has 2 aromatic heterocycles. The van der Waals surface area contributed by atoms with Crippen molar-refractivity contribution in [1.29, 1.82) is 0 Å². The molecule has 0 bridgehead atoms. The van der Waals surface area contributed by atoms with E-state index in [1.807, 2.05) is 13.1 Å². The molecule has 20 heavy (non-hydrogen) atoms. The molecule has 1 aliphatic heterocycles. The predicted molar refractivity (Wildman–Crippen MR) is 81.7 cm³/mol. The summed E-state index contributed by atoms with van der Waals surface area (Å²) in [5, 5.41) is 0. The molecule has 108 valence electrons. The summed E-state index contributed by atoms with van der Waals surface area (Å²) in [7, 11) is 0. The van der Waals surface area contributed by atoms with E-state index < -0.39 is 0 Å². The van der Waals surface area contributed by atoms with Gasteiger partial charge in [0.05, 0.1) is 0 Å². The number of hydrogen-bond acceptors (Lipinski definition) is 4. The van der Waals surface area contributed by atoms with Gasteiger partial charge < -0.3 is 10.6 Å². The number of rotatable bonds is 3. The van der Waals surface area contributed by atoms with E-state index in [1.54, 1.807) is 0 Å². The van der Waals surface area contributed by atoms with E-state index in [9.17, 15) is 0 Å². The second kappa shape index (κ2) is 5.40. The van der Waals surface area contributed by atoms with Crippen molar-refractivity contribution in [1.82, 2.24) is 19.4 Å². The first-order chi connectivity index (χ1) is 9.69. The molecule has 1 saturated heterocycles. The molecular weight excluding hydrogens is 250 g/mol. The Kier molecular flexibility index (Phi) is 3.61. The number of imidazole rings is 1. The number of pyridine rings is 1. The minimum absolute atomic E-state index is 0.434. The fourth-order valence-electron chi connectivity index (χ4n) is 3.18. The Bertz CT molecular complexity index is 596. The standard InChI is InChI=1S/C15H23N5/c1-3-6-19-7-4-12(5-8-19)20-14-13(18-15(20)16)9-11(2)10-17-14/h9-10,12H,3-8H2,1-2H3,(H2,16,18). The van der Waals surface area contributed by atoms with Crippen LogP contribution in [0, 0.1) is 6.92 Å². The maximum absolute atomic E-state index is 6.13. The summed E-state index contributed by atoms with van der Waals surface area (Å²) in [6.45, 7) is 7.75. The molecule has 1 fully saturated rings. The number of likely N-dealkylation sites (tertiary alicyclic amines) is 1. The highest BCUT2D eigenvalue weighted by molar-refractivity contribution is 5.74. The zero-order chi connectivity index (χ0) is 14.1. The number of piperidine rings is 1. The minimum Gasteiger partial charge on any atom is -0.369 e. The van der Waals surface area contributed by atoms with Crippen LogP contribution in [0.15, 0.2) is 12.3 Å². The zero-order valence-corrected chi connectivity index (χ0v) is 12.3. The highest BCUT2D eigenvalue weighted by Crippen LogP contribution is 2.29. The van der Waals surface area contributed by atoms with E-state index in [0.717, 1.165) is 42.7 Å². The average molecular weight is 273 g/mol. The van der Waals surface area contributed by atoms with Gasteiger partial charge in [-0.25, -0.2) is 9.97 Å². The zero-order valence-electron chi connectivity index (χ0n) is 12.3. The molecule has 0 aromatic carbocycles. The predicted octanol–water partition coefficient (Wildman–Crippen LogP) is 2.37. The molecule has 3 heterocycles. The third kappa shape index (κ3) is 2.38. The molecule has 2 aromatic rings. The van der Waals surface area contributed by atoms with Gasteiger partial charge in [0.1, 0.15) is 5.52 Å². The van der Waals surface area contributed by atoms with Crippen LogP contribution in [-0.4, -0.2) is 39.1 Å². The van der Waals surface area contributed by atoms with E-state index in [-0.39, 0.29) is 0 Å². The topological polar surface area (TPSA) is 60.0 Å². The van der Waals surface area contributed by atoms with Gasteiger partial charge >= 0.3 is 0 Å². The molecule has 0 unspecified atom stereocenters. The number of nitrogen functional groups attached to an aromatic ring is 1. The van der Waals surface area contributed by atoms with Crippen molar-refractivity contribution in [2.45, 2.75) is 39.2 Å². The number of hydrogen-bond donors (Lipinski definition) is 1. The van der Waals surface area contributed by atoms with E-state index in [0.29, 0.717) is 12.0 Å². The first-order valence-corrected chi connectivity index (χ1v) is 7.51. The summed E-state index contributed by atoms with van der Waals surface area (Å²) in [6, 6.07) is 2.49. The van der Waals surface area contributed by atoms with Gasteiger partial charge in [0.25, 0.3) is 0 Å². The van der Waals surface area contributed by atoms with Gasteiger partial charge in [-0.3, -0.25) is 4.57 Å². The van der Waals surface area contributed by atoms with Gasteiger partial charge in [-0.05, 0) is 44.4 Å². The van der Waals surface area contributed by atoms with Crippen LogP contribution >= 0.6 is 0 Å². The summed E-state index contributed by atoms with van der Waals surface area (Å²) < 4.78 is 2.14. The van der Waals surface area contributed by atoms with Gasteiger partial charge in [-0.15, -0.1) is 0 Å². The van der Waals surface area contributed by atoms with Crippen molar-refractivity contribution in [3.05, 3.63) is 17.8 Å². The molecule has 2 N–H and O–H groups in total. The monoisotopic (exact) mass is 273 g/mol. The molecule has 0 atom stereocenters. The van der Waals surface area contributed by atoms with Crippen molar-refractivity contribution in [2.75, 3.05) is 25.4 Å². The van der Waals surface area contributed by atoms with Crippen LogP contribution in [0.2, 0.25) is 0 Å². The number of anilines is 1. The summed E-state index contributed by atoms with van der Waals surface area (Å²) in [5.74, 6) is 0.604. The second-order valence-electron chi connectivity index (χ2n) is 5.77. The number of aromatic nitrogens is 3. The van der Waals surface area contributed by atoms with Gasteiger partial charge in [-0.1, -0.05) is 6.92 Å². The Labute approximate surface area is 119 Å². The van der Waals surface area contributed by atoms with E-state index in [4.69, 9.17) is 5.73 Å². The maximum atomic E-state index is 6.13. The lowest BCUT2D eigenvalue weighted by molar-refractivity contribution is 0.189. The quantitative estimate of drug-likeness (QED) is 0.932. The lowest BCUT2D eigenvalue weighted by Gasteiger charge is -2.32. The summed E-state index contributed by atoms with van der Waals surface area (Å²) in [5.41, 5.74) is 9.10. The average Bonchev–Trinajstić information content (AvgIpc) is 2.75. The molecule has 1 aliphatic rings. The molecule has 0 amide bonds. The van der Waals surface area contributed by atoms with E-state index in [1.165, 1.54) is 13.0 Å². The molecule has 0 saturated carbocycles. The lowest BCUT2D eigenvalue weighted by atomic mass is 10.0. The van der Waals surface area contributed by atoms with Crippen LogP contribution in [0.3, 0.4) is 0 Å². The maximum Gasteiger partial charge on any atom is 0.202 e. The van der Waals surface area contributed by atoms with Crippen LogP contribution in [0.5, 0.6) is 0 Å². The van der Waals surface area contributed by atoms with Gasteiger partial charge in [0.15, 0.2) is 5.65 Å². The molecule has 0 radical (unpaired) electrons. The Morgan fingerprint density at radius 1 is 1.35 bits per heavy atom. The van der Waals surface area contributed by atoms with Gasteiger partial charge in [0.2, 0.25) is 5.95 Å². The fourth-order valence-corrected chi connectivity index (χ4v) is 3.18. The molecule has 3 rings (SSSR count). The van der Waals surface area contributed by atoms with Crippen molar-refractivity contribution in [3.63, 3.8) is 0 Å². The largest absolute Gasteiger partial charge is 0.369 e. The number of aryl methyl sites for hydroxylation is 1. The van der Waals surface area contributed by atoms with Crippen molar-refractivity contribution < 1.29 is 0 Å². The number of nitrogens with zero attached hydrogens (tertiary/aromatic N) is 4. The smallest absolute Gasteiger partial charge is 0.202 e. The Morgan fingerprint density at radius 3 is 2.80 bits per heavy atom. The van der Waals surface area contributed by atoms with Crippen LogP contribution in [0.4, 0.5) is 5.95 Å². The van der Waals surface area contributed by atoms with Crippen LogP contribution in [-0.2, 0) is 0 Å². The Hall–Kier alpha value is -1.62. The number of nitrogens with two attached hydrogens (primary N) is 1. The lowest BCUT2D eigenvalue weighted by Crippen LogP contribution is -2.35. The fraction of sp³-hybridized carbons (Fsp3) is 0.600. The normalized spacial score (nSPS) is 17.9. The minimum atomic E-state index is 0.434. The molecular formula is C15H23N5. The highest BCUT2D eigenvalue weighted by atomic mass is 15.2. The third-order valence-electron chi connectivity index (χ3n) is 4.16. The van der Waals surface area contributed by atoms with E-state index >= 15 is 0 Å². The molecule has 0 aliphatic carbocycles. The van der Waals surface area contributed by atoms with Crippen LogP contribution in [0.1, 0.15) is 37.8 Å². The SMILES string of the molecule is CCCN1CCC(n2c(N)nc3cc(C)cnc32)CC1. The van der Waals surface area contributed by atoms with E-state index in [2.05, 4.69) is 32.4 Å². The second-order valence-corrected chi connectivity index (χ2v) is 5.77. The Balaban J connectivity index is 1.86. The first kappa shape index (κ1) is 13.4. The molecule has 5 heteroatoms. The van der Waals surface area contributed by atoms with Gasteiger partial charge in [-0.2, -0.15) is 0 Å². The van der Waals surface area contributed by atoms with Gasteiger partial charge in [0, 0.05) is 25.3 Å². The number of fused-ring (bicyclic) bond motifs is 1. The Morgan fingerprint density at radius 2 is 2.10 bits per heavy atom. The van der Waals surface area contributed by atoms with Crippen LogP contribution in [0.25, 0.3) is 11.2 Å². The van der Waals surface area contributed by atoms with Crippen molar-refractivity contribution >= 4 is 17.1 Å². The molecule has 0 spiro atoms. The summed E-state index contributed by atoms with van der Waals surface area (Å²) in [4.78, 5) is 11.5. The molecule has 5 nitrogen and oxygen atoms in total. The highest BCUT2D eigenvalue weighted by Gasteiger charge is 2.23. The van der Waals surface area contributed by atoms with Crippen molar-refractivity contribution in [2.24, 2.45) is 0 Å². The first-order valence-electron chi connectivity index (χ1n) is 7.51.